The Morgan fingerprint density at radius 3 is 2.38 bits per heavy atom. The lowest BCUT2D eigenvalue weighted by Crippen LogP contribution is -2.49. The zero-order valence-corrected chi connectivity index (χ0v) is 19.0. The summed E-state index contributed by atoms with van der Waals surface area (Å²) in [7, 11) is 0. The SMILES string of the molecule is CCc1nc(N2CCN(C(=O)c3cccc(F)c3)CC2)c2c(C)nn(-c3ccc(F)cc3)c2n1. The van der Waals surface area contributed by atoms with Gasteiger partial charge in [0.2, 0.25) is 0 Å². The Labute approximate surface area is 195 Å². The second kappa shape index (κ2) is 8.81. The zero-order valence-electron chi connectivity index (χ0n) is 19.0. The van der Waals surface area contributed by atoms with Crippen molar-refractivity contribution < 1.29 is 13.6 Å². The van der Waals surface area contributed by atoms with Crippen molar-refractivity contribution in [1.29, 1.82) is 0 Å². The number of carbonyl (C=O) groups is 1. The van der Waals surface area contributed by atoms with Gasteiger partial charge in [-0.15, -0.1) is 0 Å². The van der Waals surface area contributed by atoms with Gasteiger partial charge in [0.15, 0.2) is 5.65 Å². The first-order chi connectivity index (χ1) is 16.4. The van der Waals surface area contributed by atoms with Gasteiger partial charge in [0.1, 0.15) is 23.3 Å². The van der Waals surface area contributed by atoms with Crippen molar-refractivity contribution in [2.24, 2.45) is 0 Å². The second-order valence-corrected chi connectivity index (χ2v) is 8.28. The molecule has 0 unspecified atom stereocenters. The van der Waals surface area contributed by atoms with E-state index in [2.05, 4.69) is 10.00 Å². The molecule has 2 aromatic heterocycles. The number of hydrogen-bond donors (Lipinski definition) is 0. The number of nitrogens with zero attached hydrogens (tertiary/aromatic N) is 6. The van der Waals surface area contributed by atoms with Crippen LogP contribution in [0.3, 0.4) is 0 Å². The van der Waals surface area contributed by atoms with Gasteiger partial charge >= 0.3 is 0 Å². The predicted octanol–water partition coefficient (Wildman–Crippen LogP) is 3.93. The highest BCUT2D eigenvalue weighted by Crippen LogP contribution is 2.30. The van der Waals surface area contributed by atoms with Crippen molar-refractivity contribution in [1.82, 2.24) is 24.6 Å². The molecule has 0 N–H and O–H groups in total. The van der Waals surface area contributed by atoms with Crippen molar-refractivity contribution >= 4 is 22.8 Å². The fraction of sp³-hybridized carbons (Fsp3) is 0.280. The van der Waals surface area contributed by atoms with Gasteiger partial charge in [0.25, 0.3) is 5.91 Å². The van der Waals surface area contributed by atoms with Crippen LogP contribution in [-0.2, 0) is 6.42 Å². The highest BCUT2D eigenvalue weighted by Gasteiger charge is 2.27. The first-order valence-electron chi connectivity index (χ1n) is 11.3. The molecule has 1 aliphatic rings. The minimum atomic E-state index is -0.423. The van der Waals surface area contributed by atoms with Crippen LogP contribution in [0.5, 0.6) is 0 Å². The molecule has 174 valence electrons. The molecule has 0 spiro atoms. The van der Waals surface area contributed by atoms with Crippen LogP contribution in [0.2, 0.25) is 0 Å². The van der Waals surface area contributed by atoms with Crippen molar-refractivity contribution in [3.63, 3.8) is 0 Å². The van der Waals surface area contributed by atoms with E-state index in [1.54, 1.807) is 33.8 Å². The summed E-state index contributed by atoms with van der Waals surface area (Å²) in [5, 5.41) is 5.52. The molecule has 4 aromatic rings. The van der Waals surface area contributed by atoms with Crippen LogP contribution in [0.25, 0.3) is 16.7 Å². The van der Waals surface area contributed by atoms with E-state index in [0.717, 1.165) is 22.6 Å². The number of rotatable bonds is 4. The summed E-state index contributed by atoms with van der Waals surface area (Å²) in [5.74, 6) is 0.553. The lowest BCUT2D eigenvalue weighted by molar-refractivity contribution is 0.0746. The summed E-state index contributed by atoms with van der Waals surface area (Å²) in [6, 6.07) is 11.9. The van der Waals surface area contributed by atoms with E-state index < -0.39 is 5.82 Å². The third-order valence-electron chi connectivity index (χ3n) is 6.05. The van der Waals surface area contributed by atoms with E-state index in [1.807, 2.05) is 13.8 Å². The monoisotopic (exact) mass is 462 g/mol. The fourth-order valence-electron chi connectivity index (χ4n) is 4.28. The molecule has 1 amide bonds. The predicted molar refractivity (Wildman–Crippen MR) is 125 cm³/mol. The molecule has 2 aromatic carbocycles. The van der Waals surface area contributed by atoms with Gasteiger partial charge in [-0.2, -0.15) is 5.10 Å². The number of aromatic nitrogens is 4. The van der Waals surface area contributed by atoms with Crippen LogP contribution in [0.15, 0.2) is 48.5 Å². The van der Waals surface area contributed by atoms with Crippen molar-refractivity contribution in [3.8, 4) is 5.69 Å². The van der Waals surface area contributed by atoms with Crippen molar-refractivity contribution in [2.45, 2.75) is 20.3 Å². The maximum absolute atomic E-state index is 13.6. The topological polar surface area (TPSA) is 67.2 Å². The normalized spacial score (nSPS) is 14.1. The maximum Gasteiger partial charge on any atom is 0.254 e. The number of fused-ring (bicyclic) bond motifs is 1. The molecule has 0 bridgehead atoms. The first-order valence-corrected chi connectivity index (χ1v) is 11.3. The molecule has 1 aliphatic heterocycles. The number of aryl methyl sites for hydroxylation is 2. The van der Waals surface area contributed by atoms with Crippen molar-refractivity contribution in [3.05, 3.63) is 77.2 Å². The minimum absolute atomic E-state index is 0.179. The zero-order chi connectivity index (χ0) is 23.8. The largest absolute Gasteiger partial charge is 0.352 e. The first kappa shape index (κ1) is 21.9. The summed E-state index contributed by atoms with van der Waals surface area (Å²) in [6.45, 7) is 6.05. The minimum Gasteiger partial charge on any atom is -0.352 e. The van der Waals surface area contributed by atoms with Crippen molar-refractivity contribution in [2.75, 3.05) is 31.1 Å². The number of hydrogen-bond acceptors (Lipinski definition) is 5. The van der Waals surface area contributed by atoms with E-state index in [9.17, 15) is 13.6 Å². The summed E-state index contributed by atoms with van der Waals surface area (Å²) >= 11 is 0. The van der Waals surface area contributed by atoms with Crippen LogP contribution in [0.4, 0.5) is 14.6 Å². The van der Waals surface area contributed by atoms with E-state index in [1.165, 1.54) is 24.3 Å². The number of benzene rings is 2. The van der Waals surface area contributed by atoms with Gasteiger partial charge in [-0.25, -0.2) is 23.4 Å². The van der Waals surface area contributed by atoms with E-state index >= 15 is 0 Å². The molecule has 0 radical (unpaired) electrons. The molecule has 0 atom stereocenters. The highest BCUT2D eigenvalue weighted by atomic mass is 19.1. The van der Waals surface area contributed by atoms with Crippen LogP contribution < -0.4 is 4.90 Å². The molecule has 0 aliphatic carbocycles. The molecule has 9 heteroatoms. The number of carbonyl (C=O) groups excluding carboxylic acids is 1. The Morgan fingerprint density at radius 2 is 1.71 bits per heavy atom. The molecule has 3 heterocycles. The summed E-state index contributed by atoms with van der Waals surface area (Å²) in [4.78, 5) is 26.2. The lowest BCUT2D eigenvalue weighted by atomic mass is 10.1. The van der Waals surface area contributed by atoms with Gasteiger partial charge in [0, 0.05) is 38.2 Å². The molecule has 1 fully saturated rings. The Balaban J connectivity index is 1.46. The van der Waals surface area contributed by atoms with E-state index in [0.29, 0.717) is 49.6 Å². The quantitative estimate of drug-likeness (QED) is 0.460. The van der Waals surface area contributed by atoms with Gasteiger partial charge in [0.05, 0.1) is 16.8 Å². The van der Waals surface area contributed by atoms with Gasteiger partial charge in [-0.1, -0.05) is 13.0 Å². The van der Waals surface area contributed by atoms with Crippen LogP contribution in [0.1, 0.15) is 28.8 Å². The molecule has 34 heavy (non-hydrogen) atoms. The van der Waals surface area contributed by atoms with Crippen LogP contribution in [-0.4, -0.2) is 56.7 Å². The molecular weight excluding hydrogens is 438 g/mol. The molecule has 5 rings (SSSR count). The van der Waals surface area contributed by atoms with Gasteiger partial charge in [-0.05, 0) is 49.4 Å². The fourth-order valence-corrected chi connectivity index (χ4v) is 4.28. The highest BCUT2D eigenvalue weighted by molar-refractivity contribution is 5.95. The van der Waals surface area contributed by atoms with Crippen LogP contribution in [0, 0.1) is 18.6 Å². The van der Waals surface area contributed by atoms with Crippen LogP contribution >= 0.6 is 0 Å². The Morgan fingerprint density at radius 1 is 0.971 bits per heavy atom. The maximum atomic E-state index is 13.6. The smallest absolute Gasteiger partial charge is 0.254 e. The summed E-state index contributed by atoms with van der Waals surface area (Å²) in [6.07, 6.45) is 0.647. The Bertz CT molecular complexity index is 1360. The molecule has 0 saturated carbocycles. The van der Waals surface area contributed by atoms with E-state index in [-0.39, 0.29) is 11.7 Å². The number of amides is 1. The molecule has 1 saturated heterocycles. The number of anilines is 1. The van der Waals surface area contributed by atoms with E-state index in [4.69, 9.17) is 9.97 Å². The molecular formula is C25H24F2N6O. The average molecular weight is 463 g/mol. The average Bonchev–Trinajstić information content (AvgIpc) is 3.20. The number of halogens is 2. The number of piperazine rings is 1. The van der Waals surface area contributed by atoms with Gasteiger partial charge in [-0.3, -0.25) is 4.79 Å². The lowest BCUT2D eigenvalue weighted by Gasteiger charge is -2.35. The summed E-state index contributed by atoms with van der Waals surface area (Å²) in [5.41, 5.74) is 2.51. The third kappa shape index (κ3) is 3.98. The molecule has 7 nitrogen and oxygen atoms in total. The summed E-state index contributed by atoms with van der Waals surface area (Å²) < 4.78 is 28.7. The third-order valence-corrected chi connectivity index (χ3v) is 6.05. The Hall–Kier alpha value is -3.88. The Kier molecular flexibility index (Phi) is 5.69. The van der Waals surface area contributed by atoms with Gasteiger partial charge < -0.3 is 9.80 Å². The standard InChI is InChI=1S/C25H24F2N6O/c1-3-21-28-23(22-16(2)30-33(24(22)29-21)20-9-7-18(26)8-10-20)31-11-13-32(14-12-31)25(34)17-5-4-6-19(27)15-17/h4-10,15H,3,11-14H2,1-2H3. The second-order valence-electron chi connectivity index (χ2n) is 8.28.